The molecule has 0 radical (unpaired) electrons. The molecule has 7 heteroatoms. The first-order valence-electron chi connectivity index (χ1n) is 5.77. The first-order valence-corrected chi connectivity index (χ1v) is 5.77. The van der Waals surface area contributed by atoms with Crippen LogP contribution in [0.5, 0.6) is 17.2 Å². The molecule has 1 heterocycles. The van der Waals surface area contributed by atoms with E-state index in [1.54, 1.807) is 19.3 Å². The van der Waals surface area contributed by atoms with Gasteiger partial charge in [0.25, 0.3) is 0 Å². The van der Waals surface area contributed by atoms with Crippen molar-refractivity contribution in [1.82, 2.24) is 4.98 Å². The van der Waals surface area contributed by atoms with Gasteiger partial charge in [-0.3, -0.25) is 15.1 Å². The number of benzene rings is 1. The average molecular weight is 275 g/mol. The zero-order valence-electron chi connectivity index (χ0n) is 11.0. The normalized spacial score (nSPS) is 9.90. The van der Waals surface area contributed by atoms with Crippen LogP contribution in [-0.4, -0.2) is 24.1 Å². The summed E-state index contributed by atoms with van der Waals surface area (Å²) < 4.78 is 10.6. The second kappa shape index (κ2) is 5.87. The maximum atomic E-state index is 11.0. The zero-order valence-corrected chi connectivity index (χ0v) is 11.0. The monoisotopic (exact) mass is 275 g/mol. The van der Waals surface area contributed by atoms with Gasteiger partial charge in [-0.2, -0.15) is 0 Å². The Bertz CT molecular complexity index is 631. The van der Waals surface area contributed by atoms with Gasteiger partial charge in [0.1, 0.15) is 11.5 Å². The van der Waals surface area contributed by atoms with Gasteiger partial charge in [-0.15, -0.1) is 0 Å². The van der Waals surface area contributed by atoms with E-state index in [0.717, 1.165) is 5.69 Å². The minimum Gasteiger partial charge on any atom is -0.497 e. The number of aromatic nitrogens is 1. The Morgan fingerprint density at radius 3 is 2.70 bits per heavy atom. The topological polar surface area (TPSA) is 86.5 Å². The highest BCUT2D eigenvalue weighted by Crippen LogP contribution is 2.34. The van der Waals surface area contributed by atoms with Crippen LogP contribution >= 0.6 is 0 Å². The van der Waals surface area contributed by atoms with Gasteiger partial charge in [0.2, 0.25) is 5.75 Å². The van der Waals surface area contributed by atoms with Crippen molar-refractivity contribution < 1.29 is 14.4 Å². The Morgan fingerprint density at radius 1 is 1.25 bits per heavy atom. The molecule has 20 heavy (non-hydrogen) atoms. The number of anilines is 1. The van der Waals surface area contributed by atoms with Crippen molar-refractivity contribution in [2.45, 2.75) is 0 Å². The summed E-state index contributed by atoms with van der Waals surface area (Å²) in [5, 5.41) is 13.9. The lowest BCUT2D eigenvalue weighted by molar-refractivity contribution is -0.385. The van der Waals surface area contributed by atoms with Crippen LogP contribution in [0.1, 0.15) is 0 Å². The van der Waals surface area contributed by atoms with E-state index in [9.17, 15) is 10.1 Å². The quantitative estimate of drug-likeness (QED) is 0.667. The fourth-order valence-corrected chi connectivity index (χ4v) is 1.59. The largest absolute Gasteiger partial charge is 0.497 e. The summed E-state index contributed by atoms with van der Waals surface area (Å²) >= 11 is 0. The number of methoxy groups -OCH3 is 1. The van der Waals surface area contributed by atoms with Crippen LogP contribution in [0, 0.1) is 10.1 Å². The van der Waals surface area contributed by atoms with Gasteiger partial charge in [0, 0.05) is 25.2 Å². The molecular weight excluding hydrogens is 262 g/mol. The minimum atomic E-state index is -0.510. The summed E-state index contributed by atoms with van der Waals surface area (Å²) in [5.41, 5.74) is 0.605. The lowest BCUT2D eigenvalue weighted by Crippen LogP contribution is -1.96. The summed E-state index contributed by atoms with van der Waals surface area (Å²) in [4.78, 5) is 14.5. The predicted octanol–water partition coefficient (Wildman–Crippen LogP) is 2.83. The predicted molar refractivity (Wildman–Crippen MR) is 73.5 cm³/mol. The number of pyridine rings is 1. The molecule has 104 valence electrons. The molecule has 0 spiro atoms. The second-order valence-corrected chi connectivity index (χ2v) is 3.85. The van der Waals surface area contributed by atoms with Crippen LogP contribution in [0.25, 0.3) is 0 Å². The van der Waals surface area contributed by atoms with Crippen LogP contribution in [0.15, 0.2) is 36.7 Å². The smallest absolute Gasteiger partial charge is 0.311 e. The highest BCUT2D eigenvalue weighted by molar-refractivity contribution is 5.53. The van der Waals surface area contributed by atoms with Crippen LogP contribution in [-0.2, 0) is 0 Å². The van der Waals surface area contributed by atoms with E-state index in [-0.39, 0.29) is 11.4 Å². The Morgan fingerprint density at radius 2 is 2.05 bits per heavy atom. The lowest BCUT2D eigenvalue weighted by atomic mass is 10.3. The van der Waals surface area contributed by atoms with E-state index < -0.39 is 4.92 Å². The molecule has 1 N–H and O–H groups in total. The van der Waals surface area contributed by atoms with Crippen molar-refractivity contribution >= 4 is 11.4 Å². The number of ether oxygens (including phenoxy) is 2. The van der Waals surface area contributed by atoms with Crippen LogP contribution < -0.4 is 14.8 Å². The number of nitro groups is 1. The highest BCUT2D eigenvalue weighted by Gasteiger charge is 2.17. The summed E-state index contributed by atoms with van der Waals surface area (Å²) in [6.45, 7) is 0. The van der Waals surface area contributed by atoms with E-state index in [1.807, 2.05) is 0 Å². The fraction of sp³-hybridized carbons (Fsp3) is 0.154. The van der Waals surface area contributed by atoms with Gasteiger partial charge in [0.15, 0.2) is 0 Å². The van der Waals surface area contributed by atoms with Crippen molar-refractivity contribution in [3.8, 4) is 17.2 Å². The van der Waals surface area contributed by atoms with Gasteiger partial charge in [-0.1, -0.05) is 0 Å². The Labute approximate surface area is 115 Å². The molecule has 0 bridgehead atoms. The average Bonchev–Trinajstić information content (AvgIpc) is 2.47. The molecule has 0 unspecified atom stereocenters. The third-order valence-electron chi connectivity index (χ3n) is 2.59. The molecule has 0 amide bonds. The number of rotatable bonds is 5. The third kappa shape index (κ3) is 2.94. The molecule has 7 nitrogen and oxygen atoms in total. The van der Waals surface area contributed by atoms with Gasteiger partial charge in [-0.05, 0) is 6.07 Å². The summed E-state index contributed by atoms with van der Waals surface area (Å²) in [6, 6.07) is 6.00. The fourth-order valence-electron chi connectivity index (χ4n) is 1.59. The Kier molecular flexibility index (Phi) is 3.99. The van der Waals surface area contributed by atoms with Gasteiger partial charge >= 0.3 is 5.69 Å². The minimum absolute atomic E-state index is 0.101. The molecule has 2 rings (SSSR count). The molecule has 2 aromatic rings. The SMILES string of the molecule is CNc1cncc(Oc2cc(OC)ccc2[N+](=O)[O-])c1. The van der Waals surface area contributed by atoms with Crippen molar-refractivity contribution in [3.63, 3.8) is 0 Å². The first kappa shape index (κ1) is 13.6. The van der Waals surface area contributed by atoms with E-state index in [2.05, 4.69) is 10.3 Å². The van der Waals surface area contributed by atoms with Gasteiger partial charge < -0.3 is 14.8 Å². The molecule has 1 aromatic carbocycles. The van der Waals surface area contributed by atoms with Crippen LogP contribution in [0.3, 0.4) is 0 Å². The number of nitro benzene ring substituents is 1. The van der Waals surface area contributed by atoms with E-state index in [4.69, 9.17) is 9.47 Å². The van der Waals surface area contributed by atoms with E-state index in [1.165, 1.54) is 31.5 Å². The summed E-state index contributed by atoms with van der Waals surface area (Å²) in [6.07, 6.45) is 3.09. The standard InChI is InChI=1S/C13H13N3O4/c1-14-9-5-11(8-15-7-9)20-13-6-10(19-2)3-4-12(13)16(17)18/h3-8,14H,1-2H3. The molecule has 0 atom stereocenters. The first-order chi connectivity index (χ1) is 9.63. The van der Waals surface area contributed by atoms with Gasteiger partial charge in [0.05, 0.1) is 30.1 Å². The van der Waals surface area contributed by atoms with Crippen molar-refractivity contribution in [1.29, 1.82) is 0 Å². The molecule has 0 saturated heterocycles. The van der Waals surface area contributed by atoms with Crippen molar-refractivity contribution in [2.24, 2.45) is 0 Å². The Hall–Kier alpha value is -2.83. The summed E-state index contributed by atoms with van der Waals surface area (Å²) in [5.74, 6) is 0.973. The van der Waals surface area contributed by atoms with Crippen molar-refractivity contribution in [2.75, 3.05) is 19.5 Å². The molecule has 0 fully saturated rings. The third-order valence-corrected chi connectivity index (χ3v) is 2.59. The van der Waals surface area contributed by atoms with Gasteiger partial charge in [-0.25, -0.2) is 0 Å². The Balaban J connectivity index is 2.37. The molecule has 1 aromatic heterocycles. The number of hydrogen-bond donors (Lipinski definition) is 1. The van der Waals surface area contributed by atoms with Crippen molar-refractivity contribution in [3.05, 3.63) is 46.8 Å². The number of nitrogens with zero attached hydrogens (tertiary/aromatic N) is 2. The number of hydrogen-bond acceptors (Lipinski definition) is 6. The zero-order chi connectivity index (χ0) is 14.5. The molecule has 0 aliphatic carbocycles. The number of nitrogens with one attached hydrogen (secondary N) is 1. The summed E-state index contributed by atoms with van der Waals surface area (Å²) in [7, 11) is 3.23. The maximum absolute atomic E-state index is 11.0. The molecule has 0 aliphatic rings. The van der Waals surface area contributed by atoms with E-state index >= 15 is 0 Å². The molecular formula is C13H13N3O4. The lowest BCUT2D eigenvalue weighted by Gasteiger charge is -2.08. The maximum Gasteiger partial charge on any atom is 0.311 e. The van der Waals surface area contributed by atoms with Crippen LogP contribution in [0.2, 0.25) is 0 Å². The molecule has 0 saturated carbocycles. The molecule has 0 aliphatic heterocycles. The van der Waals surface area contributed by atoms with E-state index in [0.29, 0.717) is 11.5 Å². The second-order valence-electron chi connectivity index (χ2n) is 3.85. The highest BCUT2D eigenvalue weighted by atomic mass is 16.6. The van der Waals surface area contributed by atoms with Crippen LogP contribution in [0.4, 0.5) is 11.4 Å².